The predicted octanol–water partition coefficient (Wildman–Crippen LogP) is 6.43. The Labute approximate surface area is 164 Å². The van der Waals surface area contributed by atoms with Crippen LogP contribution in [0.25, 0.3) is 37.0 Å². The number of nitrogens with zero attached hydrogens (tertiary/aromatic N) is 2. The standard InChI is InChI=1S/C22H12N2OS2/c23-12-14(13-24)11-17-9-10-20(26-17)22-19-4-2-1-3-18(19)21(27-22)15-5-7-16(25)8-6-15/h1-11,25H. The Balaban J connectivity index is 1.86. The van der Waals surface area contributed by atoms with Gasteiger partial charge in [-0.2, -0.15) is 10.5 Å². The van der Waals surface area contributed by atoms with E-state index in [2.05, 4.69) is 12.1 Å². The van der Waals surface area contributed by atoms with Crippen molar-refractivity contribution in [3.8, 4) is 38.1 Å². The van der Waals surface area contributed by atoms with E-state index >= 15 is 0 Å². The van der Waals surface area contributed by atoms with Crippen molar-refractivity contribution in [2.45, 2.75) is 0 Å². The average Bonchev–Trinajstić information content (AvgIpc) is 3.31. The second-order valence-electron chi connectivity index (χ2n) is 5.84. The SMILES string of the molecule is N#CC(C#N)=Cc1ccc(-c2sc(-c3ccc(O)cc3)c3ccccc23)s1. The van der Waals surface area contributed by atoms with Crippen molar-refractivity contribution in [3.63, 3.8) is 0 Å². The lowest BCUT2D eigenvalue weighted by atomic mass is 10.1. The molecule has 0 radical (unpaired) electrons. The van der Waals surface area contributed by atoms with Crippen molar-refractivity contribution in [2.75, 3.05) is 0 Å². The fourth-order valence-corrected chi connectivity index (χ4v) is 5.24. The number of allylic oxidation sites excluding steroid dienone is 1. The molecule has 2 heterocycles. The highest BCUT2D eigenvalue weighted by molar-refractivity contribution is 7.25. The molecule has 0 saturated heterocycles. The van der Waals surface area contributed by atoms with Crippen LogP contribution < -0.4 is 0 Å². The van der Waals surface area contributed by atoms with Crippen LogP contribution in [0.3, 0.4) is 0 Å². The molecule has 0 aliphatic carbocycles. The number of aromatic hydroxyl groups is 1. The minimum atomic E-state index is 0.101. The van der Waals surface area contributed by atoms with Crippen LogP contribution in [-0.4, -0.2) is 5.11 Å². The van der Waals surface area contributed by atoms with Gasteiger partial charge >= 0.3 is 0 Å². The molecule has 0 unspecified atom stereocenters. The summed E-state index contributed by atoms with van der Waals surface area (Å²) in [4.78, 5) is 4.30. The molecular weight excluding hydrogens is 372 g/mol. The molecule has 4 aromatic rings. The highest BCUT2D eigenvalue weighted by Crippen LogP contribution is 2.46. The zero-order chi connectivity index (χ0) is 18.8. The zero-order valence-electron chi connectivity index (χ0n) is 14.0. The summed E-state index contributed by atoms with van der Waals surface area (Å²) in [7, 11) is 0. The second kappa shape index (κ2) is 7.09. The van der Waals surface area contributed by atoms with Gasteiger partial charge in [-0.1, -0.05) is 24.3 Å². The summed E-state index contributed by atoms with van der Waals surface area (Å²) >= 11 is 3.27. The summed E-state index contributed by atoms with van der Waals surface area (Å²) in [6.07, 6.45) is 1.62. The first-order valence-corrected chi connectivity index (χ1v) is 9.76. The van der Waals surface area contributed by atoms with Crippen LogP contribution in [0, 0.1) is 22.7 Å². The van der Waals surface area contributed by atoms with E-state index in [0.29, 0.717) is 0 Å². The van der Waals surface area contributed by atoms with Gasteiger partial charge in [-0.15, -0.1) is 22.7 Å². The Bertz CT molecular complexity index is 1230. The highest BCUT2D eigenvalue weighted by Gasteiger charge is 2.15. The number of phenolic OH excluding ortho intramolecular Hbond substituents is 1. The summed E-state index contributed by atoms with van der Waals surface area (Å²) in [5.74, 6) is 0.250. The van der Waals surface area contributed by atoms with Gasteiger partial charge in [-0.3, -0.25) is 0 Å². The molecule has 0 atom stereocenters. The molecule has 0 bridgehead atoms. The van der Waals surface area contributed by atoms with Gasteiger partial charge in [-0.05, 0) is 48.0 Å². The van der Waals surface area contributed by atoms with E-state index < -0.39 is 0 Å². The first-order chi connectivity index (χ1) is 13.2. The third-order valence-electron chi connectivity index (χ3n) is 4.13. The fraction of sp³-hybridized carbons (Fsp3) is 0. The van der Waals surface area contributed by atoms with Crippen molar-refractivity contribution < 1.29 is 5.11 Å². The number of fused-ring (bicyclic) bond motifs is 1. The van der Waals surface area contributed by atoms with Crippen LogP contribution in [0.4, 0.5) is 0 Å². The molecule has 0 fully saturated rings. The van der Waals surface area contributed by atoms with Crippen molar-refractivity contribution in [1.82, 2.24) is 0 Å². The maximum absolute atomic E-state index is 9.57. The van der Waals surface area contributed by atoms with Gasteiger partial charge in [0.15, 0.2) is 0 Å². The van der Waals surface area contributed by atoms with Crippen molar-refractivity contribution in [3.05, 3.63) is 71.1 Å². The van der Waals surface area contributed by atoms with Gasteiger partial charge in [0.05, 0.1) is 4.88 Å². The van der Waals surface area contributed by atoms with Crippen LogP contribution >= 0.6 is 22.7 Å². The zero-order valence-corrected chi connectivity index (χ0v) is 15.6. The van der Waals surface area contributed by atoms with E-state index in [9.17, 15) is 5.11 Å². The maximum Gasteiger partial charge on any atom is 0.131 e. The van der Waals surface area contributed by atoms with Crippen LogP contribution in [0.5, 0.6) is 5.75 Å². The lowest BCUT2D eigenvalue weighted by Gasteiger charge is -1.99. The van der Waals surface area contributed by atoms with E-state index in [4.69, 9.17) is 10.5 Å². The molecule has 0 spiro atoms. The molecule has 5 heteroatoms. The number of benzene rings is 2. The third kappa shape index (κ3) is 3.22. The normalized spacial score (nSPS) is 10.3. The molecule has 0 aliphatic heterocycles. The van der Waals surface area contributed by atoms with Gasteiger partial charge < -0.3 is 5.11 Å². The molecular formula is C22H12N2OS2. The Kier molecular flexibility index (Phi) is 4.48. The van der Waals surface area contributed by atoms with E-state index in [1.807, 2.05) is 48.5 Å². The van der Waals surface area contributed by atoms with Crippen LogP contribution in [-0.2, 0) is 0 Å². The molecule has 0 saturated carbocycles. The largest absolute Gasteiger partial charge is 0.508 e. The Hall–Kier alpha value is -3.38. The Morgan fingerprint density at radius 1 is 0.815 bits per heavy atom. The lowest BCUT2D eigenvalue weighted by Crippen LogP contribution is -1.73. The first kappa shape index (κ1) is 17.1. The first-order valence-electron chi connectivity index (χ1n) is 8.12. The van der Waals surface area contributed by atoms with Crippen LogP contribution in [0.2, 0.25) is 0 Å². The molecule has 2 aromatic heterocycles. The van der Waals surface area contributed by atoms with Crippen molar-refractivity contribution in [2.24, 2.45) is 0 Å². The number of thiophene rings is 2. The summed E-state index contributed by atoms with van der Waals surface area (Å²) in [5, 5.41) is 29.8. The lowest BCUT2D eigenvalue weighted by molar-refractivity contribution is 0.475. The number of hydrogen-bond acceptors (Lipinski definition) is 5. The van der Waals surface area contributed by atoms with Gasteiger partial charge in [-0.25, -0.2) is 0 Å². The predicted molar refractivity (Wildman–Crippen MR) is 111 cm³/mol. The summed E-state index contributed by atoms with van der Waals surface area (Å²) in [5.41, 5.74) is 1.16. The molecule has 0 amide bonds. The number of hydrogen-bond donors (Lipinski definition) is 1. The summed E-state index contributed by atoms with van der Waals surface area (Å²) in [6, 6.07) is 23.3. The van der Waals surface area contributed by atoms with Gasteiger partial charge in [0.25, 0.3) is 0 Å². The minimum Gasteiger partial charge on any atom is -0.508 e. The van der Waals surface area contributed by atoms with Crippen LogP contribution in [0.1, 0.15) is 4.88 Å². The van der Waals surface area contributed by atoms with Crippen molar-refractivity contribution in [1.29, 1.82) is 10.5 Å². The number of phenols is 1. The second-order valence-corrected chi connectivity index (χ2v) is 7.97. The third-order valence-corrected chi connectivity index (χ3v) is 6.61. The molecule has 27 heavy (non-hydrogen) atoms. The molecule has 4 rings (SSSR count). The number of rotatable bonds is 3. The van der Waals surface area contributed by atoms with E-state index in [1.165, 1.54) is 10.8 Å². The van der Waals surface area contributed by atoms with E-state index in [0.717, 1.165) is 25.1 Å². The quantitative estimate of drug-likeness (QED) is 0.414. The molecule has 3 nitrogen and oxygen atoms in total. The molecule has 2 aromatic carbocycles. The van der Waals surface area contributed by atoms with Crippen LogP contribution in [0.15, 0.2) is 66.2 Å². The molecule has 0 aliphatic rings. The molecule has 1 N–H and O–H groups in total. The fourth-order valence-electron chi connectivity index (χ4n) is 2.89. The van der Waals surface area contributed by atoms with Gasteiger partial charge in [0.2, 0.25) is 0 Å². The average molecular weight is 384 g/mol. The maximum atomic E-state index is 9.57. The minimum absolute atomic E-state index is 0.101. The van der Waals surface area contributed by atoms with E-state index in [-0.39, 0.29) is 11.3 Å². The molecule has 128 valence electrons. The topological polar surface area (TPSA) is 67.8 Å². The van der Waals surface area contributed by atoms with Crippen molar-refractivity contribution >= 4 is 39.5 Å². The Morgan fingerprint density at radius 3 is 2.15 bits per heavy atom. The van der Waals surface area contributed by atoms with E-state index in [1.54, 1.807) is 40.9 Å². The summed E-state index contributed by atoms with van der Waals surface area (Å²) < 4.78 is 0. The smallest absolute Gasteiger partial charge is 0.131 e. The number of nitriles is 2. The Morgan fingerprint density at radius 2 is 1.48 bits per heavy atom. The monoisotopic (exact) mass is 384 g/mol. The van der Waals surface area contributed by atoms with Gasteiger partial charge in [0.1, 0.15) is 23.5 Å². The highest BCUT2D eigenvalue weighted by atomic mass is 32.1. The van der Waals surface area contributed by atoms with Gasteiger partial charge in [0, 0.05) is 25.4 Å². The summed E-state index contributed by atoms with van der Waals surface area (Å²) in [6.45, 7) is 0.